The lowest BCUT2D eigenvalue weighted by Gasteiger charge is -2.37. The standard InChI is InChI=1S/C12H22N4O3S2/c1-9-10(21(13,17)18)20-11(16-9)15-7-12(8-19-2)3-5-14-6-4-12/h14H,3-8H2,1-2H3,(H,15,16)(H2,13,17,18). The first-order valence-electron chi connectivity index (χ1n) is 6.80. The molecule has 9 heteroatoms. The number of ether oxygens (including phenoxy) is 1. The maximum atomic E-state index is 11.4. The van der Waals surface area contributed by atoms with Crippen LogP contribution in [0.15, 0.2) is 4.21 Å². The monoisotopic (exact) mass is 334 g/mol. The van der Waals surface area contributed by atoms with Crippen molar-refractivity contribution >= 4 is 26.5 Å². The van der Waals surface area contributed by atoms with Crippen molar-refractivity contribution in [3.8, 4) is 0 Å². The van der Waals surface area contributed by atoms with Gasteiger partial charge in [0, 0.05) is 19.1 Å². The highest BCUT2D eigenvalue weighted by Gasteiger charge is 2.32. The molecule has 0 bridgehead atoms. The molecular weight excluding hydrogens is 312 g/mol. The van der Waals surface area contributed by atoms with Crippen LogP contribution in [0.4, 0.5) is 5.13 Å². The van der Waals surface area contributed by atoms with Crippen LogP contribution in [0.5, 0.6) is 0 Å². The molecule has 0 unspecified atom stereocenters. The summed E-state index contributed by atoms with van der Waals surface area (Å²) in [5.41, 5.74) is 0.498. The Balaban J connectivity index is 2.07. The van der Waals surface area contributed by atoms with E-state index in [9.17, 15) is 8.42 Å². The van der Waals surface area contributed by atoms with Crippen molar-refractivity contribution in [1.29, 1.82) is 0 Å². The molecule has 1 aromatic heterocycles. The third-order valence-electron chi connectivity index (χ3n) is 3.74. The lowest BCUT2D eigenvalue weighted by Crippen LogP contribution is -2.44. The van der Waals surface area contributed by atoms with E-state index in [1.54, 1.807) is 14.0 Å². The van der Waals surface area contributed by atoms with Crippen molar-refractivity contribution in [3.05, 3.63) is 5.69 Å². The predicted octanol–water partition coefficient (Wildman–Crippen LogP) is 0.527. The highest BCUT2D eigenvalue weighted by atomic mass is 32.2. The Kier molecular flexibility index (Phi) is 5.20. The van der Waals surface area contributed by atoms with Crippen LogP contribution in [-0.2, 0) is 14.8 Å². The molecule has 4 N–H and O–H groups in total. The summed E-state index contributed by atoms with van der Waals surface area (Å²) in [6.45, 7) is 4.96. The quantitative estimate of drug-likeness (QED) is 0.700. The Morgan fingerprint density at radius 1 is 1.48 bits per heavy atom. The third kappa shape index (κ3) is 4.13. The van der Waals surface area contributed by atoms with Crippen molar-refractivity contribution < 1.29 is 13.2 Å². The number of nitrogens with two attached hydrogens (primary N) is 1. The molecule has 2 rings (SSSR count). The van der Waals surface area contributed by atoms with E-state index in [0.717, 1.165) is 37.3 Å². The molecular formula is C12H22N4O3S2. The molecule has 0 aromatic carbocycles. The molecule has 1 aromatic rings. The van der Waals surface area contributed by atoms with Gasteiger partial charge >= 0.3 is 0 Å². The highest BCUT2D eigenvalue weighted by Crippen LogP contribution is 2.31. The van der Waals surface area contributed by atoms with Gasteiger partial charge in [0.1, 0.15) is 0 Å². The number of hydrogen-bond donors (Lipinski definition) is 3. The van der Waals surface area contributed by atoms with E-state index < -0.39 is 10.0 Å². The topological polar surface area (TPSA) is 106 Å². The van der Waals surface area contributed by atoms with Gasteiger partial charge in [0.05, 0.1) is 12.3 Å². The minimum absolute atomic E-state index is 0.0569. The smallest absolute Gasteiger partial charge is 0.249 e. The summed E-state index contributed by atoms with van der Waals surface area (Å²) in [5.74, 6) is 0. The van der Waals surface area contributed by atoms with Gasteiger partial charge in [0.2, 0.25) is 10.0 Å². The molecule has 0 radical (unpaired) electrons. The number of anilines is 1. The maximum absolute atomic E-state index is 11.4. The molecule has 1 aliphatic rings. The molecule has 21 heavy (non-hydrogen) atoms. The number of sulfonamides is 1. The first-order valence-corrected chi connectivity index (χ1v) is 9.16. The zero-order chi connectivity index (χ0) is 15.5. The number of rotatable bonds is 6. The number of nitrogens with one attached hydrogen (secondary N) is 2. The number of primary sulfonamides is 1. The molecule has 0 aliphatic carbocycles. The van der Waals surface area contributed by atoms with E-state index in [-0.39, 0.29) is 9.62 Å². The van der Waals surface area contributed by atoms with Crippen molar-refractivity contribution in [2.45, 2.75) is 24.0 Å². The number of nitrogens with zero attached hydrogens (tertiary/aromatic N) is 1. The van der Waals surface area contributed by atoms with Crippen LogP contribution in [0.1, 0.15) is 18.5 Å². The van der Waals surface area contributed by atoms with E-state index >= 15 is 0 Å². The summed E-state index contributed by atoms with van der Waals surface area (Å²) in [6, 6.07) is 0. The summed E-state index contributed by atoms with van der Waals surface area (Å²) in [5, 5.41) is 12.3. The zero-order valence-corrected chi connectivity index (χ0v) is 13.9. The number of hydrogen-bond acceptors (Lipinski definition) is 7. The summed E-state index contributed by atoms with van der Waals surface area (Å²) in [6.07, 6.45) is 2.03. The minimum atomic E-state index is -3.70. The normalized spacial score (nSPS) is 18.6. The zero-order valence-electron chi connectivity index (χ0n) is 12.3. The van der Waals surface area contributed by atoms with Crippen LogP contribution >= 0.6 is 11.3 Å². The Bertz CT molecular complexity index is 574. The van der Waals surface area contributed by atoms with E-state index in [2.05, 4.69) is 15.6 Å². The molecule has 0 saturated carbocycles. The molecule has 0 atom stereocenters. The number of methoxy groups -OCH3 is 1. The van der Waals surface area contributed by atoms with Gasteiger partial charge in [-0.2, -0.15) is 0 Å². The summed E-state index contributed by atoms with van der Waals surface area (Å²) in [4.78, 5) is 4.24. The van der Waals surface area contributed by atoms with Crippen molar-refractivity contribution in [2.75, 3.05) is 38.7 Å². The molecule has 7 nitrogen and oxygen atoms in total. The van der Waals surface area contributed by atoms with Gasteiger partial charge in [0.25, 0.3) is 0 Å². The van der Waals surface area contributed by atoms with E-state index in [1.165, 1.54) is 0 Å². The average molecular weight is 334 g/mol. The number of aromatic nitrogens is 1. The molecule has 120 valence electrons. The largest absolute Gasteiger partial charge is 0.384 e. The molecule has 2 heterocycles. The number of thiazole rings is 1. The van der Waals surface area contributed by atoms with E-state index in [4.69, 9.17) is 9.88 Å². The van der Waals surface area contributed by atoms with Crippen LogP contribution in [0.25, 0.3) is 0 Å². The maximum Gasteiger partial charge on any atom is 0.249 e. The Morgan fingerprint density at radius 2 is 2.14 bits per heavy atom. The van der Waals surface area contributed by atoms with Gasteiger partial charge in [0.15, 0.2) is 9.34 Å². The van der Waals surface area contributed by atoms with Crippen LogP contribution in [0.2, 0.25) is 0 Å². The Hall–Kier alpha value is -0.740. The lowest BCUT2D eigenvalue weighted by atomic mass is 9.79. The second-order valence-corrected chi connectivity index (χ2v) is 8.23. The fourth-order valence-corrected chi connectivity index (χ4v) is 4.48. The van der Waals surface area contributed by atoms with Gasteiger partial charge in [-0.1, -0.05) is 11.3 Å². The first-order chi connectivity index (χ1) is 9.86. The van der Waals surface area contributed by atoms with Gasteiger partial charge in [-0.3, -0.25) is 0 Å². The Morgan fingerprint density at radius 3 is 2.67 bits per heavy atom. The predicted molar refractivity (Wildman–Crippen MR) is 83.1 cm³/mol. The minimum Gasteiger partial charge on any atom is -0.384 e. The van der Waals surface area contributed by atoms with Crippen molar-refractivity contribution in [3.63, 3.8) is 0 Å². The van der Waals surface area contributed by atoms with Gasteiger partial charge in [-0.25, -0.2) is 18.5 Å². The molecule has 0 spiro atoms. The van der Waals surface area contributed by atoms with E-state index in [0.29, 0.717) is 24.0 Å². The molecule has 1 aliphatic heterocycles. The first kappa shape index (κ1) is 16.6. The van der Waals surface area contributed by atoms with Crippen LogP contribution in [0.3, 0.4) is 0 Å². The second-order valence-electron chi connectivity index (χ2n) is 5.47. The average Bonchev–Trinajstić information content (AvgIpc) is 2.79. The van der Waals surface area contributed by atoms with Gasteiger partial charge in [-0.05, 0) is 32.9 Å². The van der Waals surface area contributed by atoms with Crippen molar-refractivity contribution in [2.24, 2.45) is 10.6 Å². The molecule has 0 amide bonds. The molecule has 1 saturated heterocycles. The second kappa shape index (κ2) is 6.57. The fourth-order valence-electron chi connectivity index (χ4n) is 2.62. The van der Waals surface area contributed by atoms with Crippen LogP contribution < -0.4 is 15.8 Å². The van der Waals surface area contributed by atoms with Crippen molar-refractivity contribution in [1.82, 2.24) is 10.3 Å². The molecule has 1 fully saturated rings. The summed E-state index contributed by atoms with van der Waals surface area (Å²) >= 11 is 1.08. The van der Waals surface area contributed by atoms with Gasteiger partial charge in [-0.15, -0.1) is 0 Å². The van der Waals surface area contributed by atoms with Crippen LogP contribution in [-0.4, -0.2) is 46.8 Å². The SMILES string of the molecule is COCC1(CNc2nc(C)c(S(N)(=O)=O)s2)CCNCC1. The lowest BCUT2D eigenvalue weighted by molar-refractivity contribution is 0.0636. The third-order valence-corrected chi connectivity index (χ3v) is 6.41. The summed E-state index contributed by atoms with van der Waals surface area (Å²) in [7, 11) is -2.00. The highest BCUT2D eigenvalue weighted by molar-refractivity contribution is 7.91. The number of aryl methyl sites for hydroxylation is 1. The van der Waals surface area contributed by atoms with Crippen LogP contribution in [0, 0.1) is 12.3 Å². The van der Waals surface area contributed by atoms with Gasteiger partial charge < -0.3 is 15.4 Å². The number of piperidine rings is 1. The summed E-state index contributed by atoms with van der Waals surface area (Å²) < 4.78 is 28.3. The Labute approximate surface area is 129 Å². The van der Waals surface area contributed by atoms with E-state index in [1.807, 2.05) is 0 Å². The fraction of sp³-hybridized carbons (Fsp3) is 0.750.